The summed E-state index contributed by atoms with van der Waals surface area (Å²) in [5.41, 5.74) is 2.72. The van der Waals surface area contributed by atoms with E-state index < -0.39 is 5.60 Å². The van der Waals surface area contributed by atoms with Crippen molar-refractivity contribution in [1.82, 2.24) is 15.5 Å². The Bertz CT molecular complexity index is 354. The van der Waals surface area contributed by atoms with Crippen molar-refractivity contribution in [1.29, 1.82) is 0 Å². The summed E-state index contributed by atoms with van der Waals surface area (Å²) in [6.45, 7) is 1.29. The molecule has 0 unspecified atom stereocenters. The average Bonchev–Trinajstić information content (AvgIpc) is 2.58. The monoisotopic (exact) mass is 193 g/mol. The summed E-state index contributed by atoms with van der Waals surface area (Å²) in [6.07, 6.45) is 4.63. The highest BCUT2D eigenvalue weighted by atomic mass is 16.3. The molecule has 0 bridgehead atoms. The molecule has 76 valence electrons. The quantitative estimate of drug-likeness (QED) is 0.592. The Labute approximate surface area is 82.7 Å². The fourth-order valence-corrected chi connectivity index (χ4v) is 2.40. The maximum atomic E-state index is 10.2. The summed E-state index contributed by atoms with van der Waals surface area (Å²) in [6, 6.07) is 0. The van der Waals surface area contributed by atoms with Crippen molar-refractivity contribution >= 4 is 0 Å². The van der Waals surface area contributed by atoms with Gasteiger partial charge < -0.3 is 10.4 Å². The molecule has 0 atom stereocenters. The van der Waals surface area contributed by atoms with Crippen LogP contribution in [-0.2, 0) is 18.4 Å². The van der Waals surface area contributed by atoms with Crippen LogP contribution in [0.15, 0.2) is 0 Å². The van der Waals surface area contributed by atoms with Gasteiger partial charge in [-0.1, -0.05) is 0 Å². The molecule has 0 saturated carbocycles. The second-order valence-electron chi connectivity index (χ2n) is 4.37. The summed E-state index contributed by atoms with van der Waals surface area (Å²) in [5.74, 6) is 0. The van der Waals surface area contributed by atoms with Crippen LogP contribution < -0.4 is 5.32 Å². The number of aromatic amines is 1. The third-order valence-corrected chi connectivity index (χ3v) is 3.33. The van der Waals surface area contributed by atoms with E-state index in [4.69, 9.17) is 0 Å². The molecule has 1 aliphatic carbocycles. The summed E-state index contributed by atoms with van der Waals surface area (Å²) < 4.78 is 0. The molecule has 0 radical (unpaired) electrons. The van der Waals surface area contributed by atoms with Crippen LogP contribution >= 0.6 is 0 Å². The lowest BCUT2D eigenvalue weighted by atomic mass is 9.85. The van der Waals surface area contributed by atoms with Gasteiger partial charge in [0.25, 0.3) is 0 Å². The van der Waals surface area contributed by atoms with E-state index in [1.165, 1.54) is 24.1 Å². The molecule has 14 heavy (non-hydrogen) atoms. The molecule has 1 aromatic heterocycles. The van der Waals surface area contributed by atoms with Gasteiger partial charge in [0.2, 0.25) is 0 Å². The molecule has 3 rings (SSSR count). The zero-order valence-electron chi connectivity index (χ0n) is 8.14. The molecule has 2 heterocycles. The number of nitrogens with one attached hydrogen (secondary N) is 2. The van der Waals surface area contributed by atoms with E-state index in [1.54, 1.807) is 0 Å². The summed E-state index contributed by atoms with van der Waals surface area (Å²) >= 11 is 0. The van der Waals surface area contributed by atoms with Gasteiger partial charge in [-0.15, -0.1) is 0 Å². The molecule has 0 aromatic carbocycles. The van der Waals surface area contributed by atoms with E-state index >= 15 is 0 Å². The van der Waals surface area contributed by atoms with Crippen molar-refractivity contribution in [3.63, 3.8) is 0 Å². The van der Waals surface area contributed by atoms with Gasteiger partial charge >= 0.3 is 0 Å². The number of hydrogen-bond acceptors (Lipinski definition) is 3. The molecule has 0 spiro atoms. The molecular weight excluding hydrogens is 178 g/mol. The Kier molecular flexibility index (Phi) is 1.69. The van der Waals surface area contributed by atoms with Gasteiger partial charge in [0, 0.05) is 18.8 Å². The minimum Gasteiger partial charge on any atom is -0.381 e. The Morgan fingerprint density at radius 1 is 1.21 bits per heavy atom. The van der Waals surface area contributed by atoms with Gasteiger partial charge in [-0.3, -0.25) is 5.10 Å². The van der Waals surface area contributed by atoms with E-state index in [9.17, 15) is 5.11 Å². The summed E-state index contributed by atoms with van der Waals surface area (Å²) in [7, 11) is 0. The maximum Gasteiger partial charge on any atom is 0.133 e. The van der Waals surface area contributed by atoms with E-state index in [0.717, 1.165) is 18.5 Å². The highest BCUT2D eigenvalue weighted by molar-refractivity contribution is 5.33. The number of fused-ring (bicyclic) bond motifs is 1. The molecule has 0 amide bonds. The molecular formula is C10H15N3O. The molecule has 3 N–H and O–H groups in total. The number of aryl methyl sites for hydroxylation is 1. The predicted octanol–water partition coefficient (Wildman–Crippen LogP) is 0.0793. The minimum atomic E-state index is -0.693. The second-order valence-corrected chi connectivity index (χ2v) is 4.37. The Balaban J connectivity index is 2.01. The Morgan fingerprint density at radius 2 is 2.00 bits per heavy atom. The number of aliphatic hydroxyl groups is 1. The zero-order chi connectivity index (χ0) is 9.60. The van der Waals surface area contributed by atoms with Gasteiger partial charge in [0.15, 0.2) is 0 Å². The first kappa shape index (κ1) is 8.44. The molecule has 4 heteroatoms. The maximum absolute atomic E-state index is 10.2. The lowest BCUT2D eigenvalue weighted by Gasteiger charge is -2.37. The molecule has 1 aliphatic heterocycles. The fourth-order valence-electron chi connectivity index (χ4n) is 2.40. The number of hydrogen-bond donors (Lipinski definition) is 3. The molecule has 1 fully saturated rings. The van der Waals surface area contributed by atoms with E-state index in [1.807, 2.05) is 0 Å². The van der Waals surface area contributed by atoms with E-state index in [2.05, 4.69) is 15.5 Å². The van der Waals surface area contributed by atoms with Crippen LogP contribution in [0.3, 0.4) is 0 Å². The first-order chi connectivity index (χ1) is 6.80. The Hall–Kier alpha value is -0.870. The highest BCUT2D eigenvalue weighted by Crippen LogP contribution is 2.31. The van der Waals surface area contributed by atoms with Crippen molar-refractivity contribution in [3.8, 4) is 0 Å². The van der Waals surface area contributed by atoms with Crippen LogP contribution in [0.4, 0.5) is 0 Å². The third kappa shape index (κ3) is 1.04. The number of β-amino-alcohol motifs (C(OH)–C–C–N with tert-alkyl or cyclic N) is 1. The van der Waals surface area contributed by atoms with Gasteiger partial charge in [0.1, 0.15) is 5.60 Å². The number of nitrogens with zero attached hydrogens (tertiary/aromatic N) is 1. The molecule has 4 nitrogen and oxygen atoms in total. The summed E-state index contributed by atoms with van der Waals surface area (Å²) in [5, 5.41) is 20.6. The third-order valence-electron chi connectivity index (χ3n) is 3.33. The van der Waals surface area contributed by atoms with Crippen molar-refractivity contribution < 1.29 is 5.11 Å². The number of aromatic nitrogens is 2. The lowest BCUT2D eigenvalue weighted by molar-refractivity contribution is -0.0194. The van der Waals surface area contributed by atoms with Crippen LogP contribution in [0.1, 0.15) is 29.8 Å². The standard InChI is InChI=1S/C10H15N3O/c14-10(5-11-6-10)9-7-3-1-2-4-8(7)12-13-9/h11,14H,1-6H2,(H,12,13). The summed E-state index contributed by atoms with van der Waals surface area (Å²) in [4.78, 5) is 0. The number of rotatable bonds is 1. The second kappa shape index (κ2) is 2.81. The highest BCUT2D eigenvalue weighted by Gasteiger charge is 2.41. The Morgan fingerprint density at radius 3 is 2.71 bits per heavy atom. The van der Waals surface area contributed by atoms with Crippen LogP contribution in [-0.4, -0.2) is 28.4 Å². The van der Waals surface area contributed by atoms with Gasteiger partial charge in [-0.05, 0) is 31.2 Å². The van der Waals surface area contributed by atoms with Crippen LogP contribution in [0, 0.1) is 0 Å². The predicted molar refractivity (Wildman–Crippen MR) is 52.0 cm³/mol. The normalized spacial score (nSPS) is 24.1. The van der Waals surface area contributed by atoms with E-state index in [0.29, 0.717) is 13.1 Å². The van der Waals surface area contributed by atoms with Gasteiger partial charge in [-0.2, -0.15) is 5.10 Å². The molecule has 1 saturated heterocycles. The fraction of sp³-hybridized carbons (Fsp3) is 0.700. The molecule has 2 aliphatic rings. The van der Waals surface area contributed by atoms with Crippen LogP contribution in [0.2, 0.25) is 0 Å². The molecule has 1 aromatic rings. The average molecular weight is 193 g/mol. The minimum absolute atomic E-state index is 0.643. The topological polar surface area (TPSA) is 60.9 Å². The van der Waals surface area contributed by atoms with Gasteiger partial charge in [-0.25, -0.2) is 0 Å². The van der Waals surface area contributed by atoms with Crippen molar-refractivity contribution in [2.24, 2.45) is 0 Å². The largest absolute Gasteiger partial charge is 0.381 e. The van der Waals surface area contributed by atoms with Gasteiger partial charge in [0.05, 0.1) is 5.69 Å². The van der Waals surface area contributed by atoms with Crippen LogP contribution in [0.25, 0.3) is 0 Å². The number of H-pyrrole nitrogens is 1. The first-order valence-electron chi connectivity index (χ1n) is 5.29. The van der Waals surface area contributed by atoms with Crippen molar-refractivity contribution in [3.05, 3.63) is 17.0 Å². The first-order valence-corrected chi connectivity index (χ1v) is 5.29. The SMILES string of the molecule is OC1(c2n[nH]c3c2CCCC3)CNC1. The van der Waals surface area contributed by atoms with Crippen LogP contribution in [0.5, 0.6) is 0 Å². The smallest absolute Gasteiger partial charge is 0.133 e. The van der Waals surface area contributed by atoms with Crippen molar-refractivity contribution in [2.45, 2.75) is 31.3 Å². The van der Waals surface area contributed by atoms with Crippen molar-refractivity contribution in [2.75, 3.05) is 13.1 Å². The lowest BCUT2D eigenvalue weighted by Crippen LogP contribution is -2.57. The van der Waals surface area contributed by atoms with E-state index in [-0.39, 0.29) is 0 Å². The zero-order valence-corrected chi connectivity index (χ0v) is 8.14.